The Morgan fingerprint density at radius 2 is 1.33 bits per heavy atom. The first-order valence-electron chi connectivity index (χ1n) is 6.16. The van der Waals surface area contributed by atoms with Crippen molar-refractivity contribution >= 4 is 27.0 Å². The molecule has 0 heterocycles. The van der Waals surface area contributed by atoms with E-state index in [0.29, 0.717) is 0 Å². The molecule has 0 aliphatic carbocycles. The fraction of sp³-hybridized carbons (Fsp3) is 0.200. The van der Waals surface area contributed by atoms with E-state index in [9.17, 15) is 4.57 Å². The summed E-state index contributed by atoms with van der Waals surface area (Å²) in [5, 5.41) is 1.97. The Labute approximate surface area is 111 Å². The van der Waals surface area contributed by atoms with Crippen molar-refractivity contribution in [2.24, 2.45) is 0 Å². The molecule has 2 aromatic rings. The molecule has 2 rings (SSSR count). The highest BCUT2D eigenvalue weighted by molar-refractivity contribution is 7.83. The summed E-state index contributed by atoms with van der Waals surface area (Å²) < 4.78 is 13.5. The molecule has 0 bridgehead atoms. The number of benzene rings is 2. The van der Waals surface area contributed by atoms with Crippen molar-refractivity contribution in [1.82, 2.24) is 0 Å². The molecule has 0 N–H and O–H groups in total. The lowest BCUT2D eigenvalue weighted by molar-refractivity contribution is 0.584. The van der Waals surface area contributed by atoms with Gasteiger partial charge in [0.05, 0.1) is 0 Å². The molecule has 2 unspecified atom stereocenters. The Morgan fingerprint density at radius 1 is 0.944 bits per heavy atom. The van der Waals surface area contributed by atoms with Crippen LogP contribution in [0.1, 0.15) is 13.3 Å². The van der Waals surface area contributed by atoms with Crippen LogP contribution in [0.3, 0.4) is 0 Å². The van der Waals surface area contributed by atoms with E-state index in [1.807, 2.05) is 60.7 Å². The molecular weight excluding hydrogens is 258 g/mol. The predicted molar refractivity (Wildman–Crippen MR) is 83.5 cm³/mol. The van der Waals surface area contributed by atoms with E-state index in [4.69, 9.17) is 0 Å². The predicted octanol–water partition coefficient (Wildman–Crippen LogP) is 3.61. The molecule has 0 radical (unpaired) electrons. The number of rotatable bonds is 4. The highest BCUT2D eigenvalue weighted by Gasteiger charge is 2.32. The maximum atomic E-state index is 13.5. The van der Waals surface area contributed by atoms with Gasteiger partial charge >= 0.3 is 0 Å². The first-order valence-corrected chi connectivity index (χ1v) is 8.60. The maximum Gasteiger partial charge on any atom is 0.149 e. The molecule has 0 fully saturated rings. The quantitative estimate of drug-likeness (QED) is 0.780. The summed E-state index contributed by atoms with van der Waals surface area (Å²) in [7, 11) is 0.210. The van der Waals surface area contributed by atoms with E-state index in [-0.39, 0.29) is 5.40 Å². The molecule has 2 aromatic carbocycles. The standard InChI is InChI=1S/C15H18OP2/c1-2-15(17)18(16,13-9-5-3-6-10-13)14-11-7-4-8-12-14/h3-12,15H,2,17H2,1H3. The molecule has 2 atom stereocenters. The fourth-order valence-electron chi connectivity index (χ4n) is 2.09. The van der Waals surface area contributed by atoms with Gasteiger partial charge < -0.3 is 4.57 Å². The summed E-state index contributed by atoms with van der Waals surface area (Å²) in [6.45, 7) is 2.08. The van der Waals surface area contributed by atoms with Crippen molar-refractivity contribution in [2.75, 3.05) is 0 Å². The first kappa shape index (κ1) is 13.5. The number of hydrogen-bond donors (Lipinski definition) is 0. The average Bonchev–Trinajstić information content (AvgIpc) is 2.47. The molecular formula is C15H18OP2. The van der Waals surface area contributed by atoms with Gasteiger partial charge in [-0.1, -0.05) is 67.6 Å². The first-order chi connectivity index (χ1) is 8.69. The third-order valence-corrected chi connectivity index (χ3v) is 8.33. The smallest absolute Gasteiger partial charge is 0.149 e. The van der Waals surface area contributed by atoms with Gasteiger partial charge in [0.2, 0.25) is 0 Å². The fourth-order valence-corrected chi connectivity index (χ4v) is 5.93. The van der Waals surface area contributed by atoms with E-state index in [0.717, 1.165) is 17.0 Å². The van der Waals surface area contributed by atoms with Gasteiger partial charge in [0, 0.05) is 16.0 Å². The lowest BCUT2D eigenvalue weighted by atomic mass is 10.4. The van der Waals surface area contributed by atoms with Crippen LogP contribution >= 0.6 is 16.4 Å². The Hall–Kier alpha value is -0.900. The van der Waals surface area contributed by atoms with Crippen LogP contribution in [0.15, 0.2) is 60.7 Å². The molecule has 94 valence electrons. The van der Waals surface area contributed by atoms with E-state index >= 15 is 0 Å². The van der Waals surface area contributed by atoms with Gasteiger partial charge in [-0.25, -0.2) is 0 Å². The zero-order valence-corrected chi connectivity index (χ0v) is 12.5. The second-order valence-electron chi connectivity index (χ2n) is 4.30. The van der Waals surface area contributed by atoms with Crippen LogP contribution in [0.25, 0.3) is 0 Å². The summed E-state index contributed by atoms with van der Waals surface area (Å²) >= 11 is 0. The number of hydrogen-bond acceptors (Lipinski definition) is 1. The Balaban J connectivity index is 2.59. The van der Waals surface area contributed by atoms with Crippen LogP contribution in [-0.4, -0.2) is 5.40 Å². The summed E-state index contributed by atoms with van der Waals surface area (Å²) in [6.07, 6.45) is 0.881. The van der Waals surface area contributed by atoms with Crippen LogP contribution in [0, 0.1) is 0 Å². The molecule has 3 heteroatoms. The second-order valence-corrected chi connectivity index (χ2v) is 8.68. The summed E-state index contributed by atoms with van der Waals surface area (Å²) in [5.41, 5.74) is 0. The van der Waals surface area contributed by atoms with Crippen molar-refractivity contribution in [1.29, 1.82) is 0 Å². The van der Waals surface area contributed by atoms with Crippen molar-refractivity contribution < 1.29 is 4.57 Å². The molecule has 0 saturated heterocycles. The van der Waals surface area contributed by atoms with E-state index in [1.54, 1.807) is 0 Å². The van der Waals surface area contributed by atoms with Gasteiger partial charge in [0.1, 0.15) is 7.14 Å². The molecule has 0 aromatic heterocycles. The highest BCUT2D eigenvalue weighted by Crippen LogP contribution is 2.52. The van der Waals surface area contributed by atoms with Crippen LogP contribution in [-0.2, 0) is 4.57 Å². The average molecular weight is 276 g/mol. The summed E-state index contributed by atoms with van der Waals surface area (Å²) in [5.74, 6) is 0. The van der Waals surface area contributed by atoms with Gasteiger partial charge in [-0.15, -0.1) is 9.24 Å². The Kier molecular flexibility index (Phi) is 4.38. The minimum Gasteiger partial charge on any atom is -0.313 e. The van der Waals surface area contributed by atoms with Crippen molar-refractivity contribution in [3.05, 3.63) is 60.7 Å². The van der Waals surface area contributed by atoms with Crippen molar-refractivity contribution in [2.45, 2.75) is 18.7 Å². The third-order valence-electron chi connectivity index (χ3n) is 3.16. The van der Waals surface area contributed by atoms with Gasteiger partial charge in [0.15, 0.2) is 0 Å². The molecule has 0 aliphatic heterocycles. The van der Waals surface area contributed by atoms with Crippen molar-refractivity contribution in [3.8, 4) is 0 Å². The van der Waals surface area contributed by atoms with E-state index in [2.05, 4.69) is 16.2 Å². The highest BCUT2D eigenvalue weighted by atomic mass is 31.2. The third kappa shape index (κ3) is 2.44. The monoisotopic (exact) mass is 276 g/mol. The van der Waals surface area contributed by atoms with Crippen LogP contribution < -0.4 is 10.6 Å². The Morgan fingerprint density at radius 3 is 1.67 bits per heavy atom. The van der Waals surface area contributed by atoms with Gasteiger partial charge in [-0.05, 0) is 6.42 Å². The van der Waals surface area contributed by atoms with Gasteiger partial charge in [-0.2, -0.15) is 0 Å². The van der Waals surface area contributed by atoms with Gasteiger partial charge in [-0.3, -0.25) is 0 Å². The van der Waals surface area contributed by atoms with Crippen LogP contribution in [0.2, 0.25) is 0 Å². The minimum atomic E-state index is -2.55. The molecule has 18 heavy (non-hydrogen) atoms. The molecule has 1 nitrogen and oxygen atoms in total. The lowest BCUT2D eigenvalue weighted by Gasteiger charge is -2.24. The molecule has 0 amide bonds. The largest absolute Gasteiger partial charge is 0.313 e. The van der Waals surface area contributed by atoms with E-state index in [1.165, 1.54) is 0 Å². The van der Waals surface area contributed by atoms with Crippen LogP contribution in [0.5, 0.6) is 0 Å². The summed E-state index contributed by atoms with van der Waals surface area (Å²) in [4.78, 5) is 0. The molecule has 0 saturated carbocycles. The summed E-state index contributed by atoms with van der Waals surface area (Å²) in [6, 6.07) is 19.6. The maximum absolute atomic E-state index is 13.5. The topological polar surface area (TPSA) is 17.1 Å². The second kappa shape index (κ2) is 5.83. The zero-order chi connectivity index (χ0) is 13.0. The van der Waals surface area contributed by atoms with Crippen molar-refractivity contribution in [3.63, 3.8) is 0 Å². The normalized spacial score (nSPS) is 13.2. The minimum absolute atomic E-state index is 0.0855. The van der Waals surface area contributed by atoms with Gasteiger partial charge in [0.25, 0.3) is 0 Å². The molecule has 0 spiro atoms. The van der Waals surface area contributed by atoms with E-state index < -0.39 is 7.14 Å². The zero-order valence-electron chi connectivity index (χ0n) is 10.5. The molecule has 0 aliphatic rings. The SMILES string of the molecule is CCC(P)P(=O)(c1ccccc1)c1ccccc1. The Bertz CT molecular complexity index is 493. The lowest BCUT2D eigenvalue weighted by Crippen LogP contribution is -2.22. The van der Waals surface area contributed by atoms with Crippen LogP contribution in [0.4, 0.5) is 0 Å².